The molecule has 162 valence electrons. The van der Waals surface area contributed by atoms with Gasteiger partial charge in [0.1, 0.15) is 0 Å². The third-order valence-corrected chi connectivity index (χ3v) is 7.73. The molecule has 7 nitrogen and oxygen atoms in total. The summed E-state index contributed by atoms with van der Waals surface area (Å²) in [5.74, 6) is -0.754. The molecule has 2 unspecified atom stereocenters. The Morgan fingerprint density at radius 1 is 1.39 bits per heavy atom. The molecule has 2 aromatic rings. The van der Waals surface area contributed by atoms with E-state index in [0.717, 1.165) is 49.1 Å². The van der Waals surface area contributed by atoms with E-state index in [9.17, 15) is 14.7 Å². The first-order valence-corrected chi connectivity index (χ1v) is 11.7. The fourth-order valence-corrected chi connectivity index (χ4v) is 5.38. The van der Waals surface area contributed by atoms with Crippen LogP contribution in [0.25, 0.3) is 10.9 Å². The molecule has 1 saturated heterocycles. The van der Waals surface area contributed by atoms with Crippen molar-refractivity contribution in [3.8, 4) is 6.07 Å². The molecular weight excluding hydrogens is 455 g/mol. The van der Waals surface area contributed by atoms with E-state index in [2.05, 4.69) is 40.1 Å². The monoisotopic (exact) mass is 482 g/mol. The van der Waals surface area contributed by atoms with Crippen LogP contribution in [-0.2, 0) is 0 Å². The van der Waals surface area contributed by atoms with Crippen LogP contribution >= 0.6 is 0 Å². The van der Waals surface area contributed by atoms with E-state index < -0.39 is 11.4 Å². The summed E-state index contributed by atoms with van der Waals surface area (Å²) in [6.45, 7) is 6.69. The van der Waals surface area contributed by atoms with Crippen molar-refractivity contribution in [2.75, 3.05) is 24.5 Å². The molecule has 2 radical (unpaired) electrons. The molecule has 4 rings (SSSR count). The van der Waals surface area contributed by atoms with Crippen LogP contribution in [0.15, 0.2) is 23.1 Å². The molecule has 1 aromatic carbocycles. The predicted octanol–water partition coefficient (Wildman–Crippen LogP) is 2.56. The van der Waals surface area contributed by atoms with Crippen LogP contribution in [0.5, 0.6) is 0 Å². The summed E-state index contributed by atoms with van der Waals surface area (Å²) < 4.78 is 1.88. The van der Waals surface area contributed by atoms with Crippen LogP contribution in [0.3, 0.4) is 0 Å². The van der Waals surface area contributed by atoms with Gasteiger partial charge < -0.3 is 0 Å². The number of aromatic nitrogens is 1. The molecule has 2 heterocycles. The summed E-state index contributed by atoms with van der Waals surface area (Å²) in [5, 5.41) is 22.3. The number of nitrogens with zero attached hydrogens (tertiary/aromatic N) is 3. The van der Waals surface area contributed by atoms with Gasteiger partial charge in [0.15, 0.2) is 0 Å². The number of rotatable bonds is 7. The molecule has 0 bridgehead atoms. The van der Waals surface area contributed by atoms with Crippen molar-refractivity contribution in [3.63, 3.8) is 0 Å². The molecule has 2 fully saturated rings. The predicted molar refractivity (Wildman–Crippen MR) is 121 cm³/mol. The Morgan fingerprint density at radius 2 is 2.13 bits per heavy atom. The van der Waals surface area contributed by atoms with Crippen LogP contribution in [-0.4, -0.2) is 56.5 Å². The van der Waals surface area contributed by atoms with E-state index in [1.807, 2.05) is 17.6 Å². The van der Waals surface area contributed by atoms with Crippen molar-refractivity contribution in [2.45, 2.75) is 49.9 Å². The topological polar surface area (TPSA) is 98.4 Å². The van der Waals surface area contributed by atoms with Gasteiger partial charge in [0, 0.05) is 0 Å². The Balaban J connectivity index is 1.69. The van der Waals surface area contributed by atoms with E-state index >= 15 is 0 Å². The van der Waals surface area contributed by atoms with Gasteiger partial charge in [0.2, 0.25) is 0 Å². The standard InChI is InChI=1S/C23H27AsN4O3/c1-14-19(27-11-8-15(12-27)23(2,24)26-10-3-9-25)7-6-17-20(14)28(16-4-5-16)13-18(21(17)29)22(30)31/h6-7,13,15-16,26H,3-5,8,10-12H2,1-2H3,(H,30,31). The summed E-state index contributed by atoms with van der Waals surface area (Å²) in [6.07, 6.45) is 5.08. The number of carboxylic acid groups (broad SMARTS) is 1. The van der Waals surface area contributed by atoms with E-state index in [1.165, 1.54) is 6.20 Å². The summed E-state index contributed by atoms with van der Waals surface area (Å²) in [7, 11) is 0. The fraction of sp³-hybridized carbons (Fsp3) is 0.522. The number of fused-ring (bicyclic) bond motifs is 1. The molecule has 31 heavy (non-hydrogen) atoms. The van der Waals surface area contributed by atoms with Crippen LogP contribution < -0.4 is 15.6 Å². The summed E-state index contributed by atoms with van der Waals surface area (Å²) in [5.41, 5.74) is 2.43. The van der Waals surface area contributed by atoms with Gasteiger partial charge in [-0.25, -0.2) is 0 Å². The number of benzene rings is 1. The zero-order chi connectivity index (χ0) is 22.3. The van der Waals surface area contributed by atoms with Crippen molar-refractivity contribution in [1.82, 2.24) is 9.88 Å². The van der Waals surface area contributed by atoms with Crippen molar-refractivity contribution in [3.05, 3.63) is 39.7 Å². The first-order valence-electron chi connectivity index (χ1n) is 10.8. The van der Waals surface area contributed by atoms with Crippen LogP contribution in [0, 0.1) is 24.2 Å². The minimum atomic E-state index is -1.17. The fourth-order valence-electron chi connectivity index (χ4n) is 4.70. The third kappa shape index (κ3) is 4.12. The number of hydrogen-bond acceptors (Lipinski definition) is 5. The maximum atomic E-state index is 12.8. The van der Waals surface area contributed by atoms with Gasteiger partial charge in [-0.3, -0.25) is 0 Å². The third-order valence-electron chi connectivity index (χ3n) is 6.63. The Hall–Kier alpha value is -2.29. The Bertz CT molecular complexity index is 1130. The second-order valence-electron chi connectivity index (χ2n) is 8.84. The van der Waals surface area contributed by atoms with E-state index in [4.69, 9.17) is 5.26 Å². The number of nitrogens with one attached hydrogen (secondary N) is 1. The number of carboxylic acids is 1. The normalized spacial score (nSPS) is 20.6. The van der Waals surface area contributed by atoms with Gasteiger partial charge in [0.25, 0.3) is 0 Å². The van der Waals surface area contributed by atoms with Crippen molar-refractivity contribution >= 4 is 39.4 Å². The molecule has 1 saturated carbocycles. The Labute approximate surface area is 190 Å². The number of pyridine rings is 1. The summed E-state index contributed by atoms with van der Waals surface area (Å²) in [6, 6.07) is 6.21. The number of anilines is 1. The molecule has 0 amide bonds. The SMILES string of the molecule is Cc1c(N2CCC(C(C)([As])NCCC#N)C2)ccc2c(=O)c(C(=O)O)cn(C3CC3)c12. The van der Waals surface area contributed by atoms with E-state index in [-0.39, 0.29) is 15.9 Å². The number of hydrogen-bond donors (Lipinski definition) is 2. The van der Waals surface area contributed by atoms with Gasteiger partial charge in [0.05, 0.1) is 0 Å². The van der Waals surface area contributed by atoms with Crippen molar-refractivity contribution in [2.24, 2.45) is 5.92 Å². The molecular formula is C23H27AsN4O3. The van der Waals surface area contributed by atoms with Crippen molar-refractivity contribution < 1.29 is 9.90 Å². The molecule has 0 spiro atoms. The second kappa shape index (κ2) is 8.33. The quantitative estimate of drug-likeness (QED) is 0.465. The van der Waals surface area contributed by atoms with Gasteiger partial charge in [-0.1, -0.05) is 0 Å². The molecule has 1 aliphatic heterocycles. The average Bonchev–Trinajstić information content (AvgIpc) is 3.44. The van der Waals surface area contributed by atoms with Gasteiger partial charge in [-0.2, -0.15) is 0 Å². The second-order valence-corrected chi connectivity index (χ2v) is 10.8. The molecule has 8 heteroatoms. The minimum absolute atomic E-state index is 0.129. The maximum absolute atomic E-state index is 12.8. The summed E-state index contributed by atoms with van der Waals surface area (Å²) in [4.78, 5) is 26.8. The molecule has 1 aliphatic carbocycles. The molecule has 2 atom stereocenters. The van der Waals surface area contributed by atoms with Gasteiger partial charge in [-0.05, 0) is 0 Å². The van der Waals surface area contributed by atoms with Crippen molar-refractivity contribution in [1.29, 1.82) is 5.26 Å². The average molecular weight is 482 g/mol. The first-order chi connectivity index (χ1) is 14.7. The van der Waals surface area contributed by atoms with E-state index in [0.29, 0.717) is 24.3 Å². The zero-order valence-electron chi connectivity index (χ0n) is 17.9. The van der Waals surface area contributed by atoms with Gasteiger partial charge >= 0.3 is 191 Å². The summed E-state index contributed by atoms with van der Waals surface area (Å²) >= 11 is 2.74. The van der Waals surface area contributed by atoms with Crippen LogP contribution in [0.2, 0.25) is 0 Å². The zero-order valence-corrected chi connectivity index (χ0v) is 19.8. The Morgan fingerprint density at radius 3 is 2.77 bits per heavy atom. The van der Waals surface area contributed by atoms with Gasteiger partial charge in [-0.15, -0.1) is 0 Å². The van der Waals surface area contributed by atoms with Crippen LogP contribution in [0.1, 0.15) is 54.6 Å². The molecule has 1 aromatic heterocycles. The molecule has 2 aliphatic rings. The number of carbonyl (C=O) groups is 1. The number of aromatic carboxylic acids is 1. The van der Waals surface area contributed by atoms with E-state index in [1.54, 1.807) is 6.07 Å². The van der Waals surface area contributed by atoms with Crippen LogP contribution in [0.4, 0.5) is 5.69 Å². The Kier molecular flexibility index (Phi) is 5.89. The molecule has 2 N–H and O–H groups in total. The number of aryl methyl sites for hydroxylation is 1. The number of nitriles is 1. The first kappa shape index (κ1) is 21.9.